The lowest BCUT2D eigenvalue weighted by Crippen LogP contribution is -2.36. The van der Waals surface area contributed by atoms with Gasteiger partial charge in [0.05, 0.1) is 0 Å². The first-order chi connectivity index (χ1) is 6.51. The van der Waals surface area contributed by atoms with Crippen molar-refractivity contribution in [3.8, 4) is 0 Å². The lowest BCUT2D eigenvalue weighted by atomic mass is 9.96. The van der Waals surface area contributed by atoms with Crippen LogP contribution in [0.5, 0.6) is 0 Å². The van der Waals surface area contributed by atoms with Crippen molar-refractivity contribution < 1.29 is 0 Å². The van der Waals surface area contributed by atoms with E-state index in [0.29, 0.717) is 12.0 Å². The topological polar surface area (TPSA) is 29.3 Å². The van der Waals surface area contributed by atoms with E-state index in [-0.39, 0.29) is 0 Å². The molecule has 0 rings (SSSR count). The van der Waals surface area contributed by atoms with Crippen LogP contribution in [0, 0.1) is 11.8 Å². The molecule has 0 aliphatic rings. The van der Waals surface area contributed by atoms with Crippen molar-refractivity contribution in [3.63, 3.8) is 0 Å². The molecule has 0 radical (unpaired) electrons. The van der Waals surface area contributed by atoms with E-state index in [9.17, 15) is 0 Å². The van der Waals surface area contributed by atoms with Crippen LogP contribution in [-0.2, 0) is 0 Å². The fraction of sp³-hybridized carbons (Fsp3) is 1.00. The Morgan fingerprint density at radius 3 is 2.14 bits per heavy atom. The van der Waals surface area contributed by atoms with Crippen LogP contribution >= 0.6 is 0 Å². The zero-order chi connectivity index (χ0) is 11.1. The Balaban J connectivity index is 3.91. The Bertz CT molecular complexity index is 134. The maximum absolute atomic E-state index is 5.78. The summed E-state index contributed by atoms with van der Waals surface area (Å²) in [6.07, 6.45) is 2.47. The van der Waals surface area contributed by atoms with E-state index >= 15 is 0 Å². The fourth-order valence-electron chi connectivity index (χ4n) is 1.81. The molecule has 0 fully saturated rings. The van der Waals surface area contributed by atoms with E-state index in [1.807, 2.05) is 0 Å². The molecule has 86 valence electrons. The van der Waals surface area contributed by atoms with E-state index in [1.165, 1.54) is 12.8 Å². The molecule has 0 bridgehead atoms. The standard InChI is InChI=1S/C12H28N2/c1-6-11(4)14(5)9-12(8-13)7-10(2)3/h10-12H,6-9,13H2,1-5H3. The molecule has 2 unspecified atom stereocenters. The number of hydrogen-bond acceptors (Lipinski definition) is 2. The van der Waals surface area contributed by atoms with Crippen molar-refractivity contribution in [1.82, 2.24) is 4.90 Å². The molecule has 0 aliphatic carbocycles. The maximum Gasteiger partial charge on any atom is 0.00613 e. The summed E-state index contributed by atoms with van der Waals surface area (Å²) in [7, 11) is 2.21. The summed E-state index contributed by atoms with van der Waals surface area (Å²) in [5, 5.41) is 0. The molecule has 0 amide bonds. The highest BCUT2D eigenvalue weighted by molar-refractivity contribution is 4.69. The van der Waals surface area contributed by atoms with Gasteiger partial charge in [0.2, 0.25) is 0 Å². The van der Waals surface area contributed by atoms with Crippen molar-refractivity contribution in [2.45, 2.75) is 46.6 Å². The van der Waals surface area contributed by atoms with Crippen LogP contribution in [0.1, 0.15) is 40.5 Å². The van der Waals surface area contributed by atoms with Gasteiger partial charge in [-0.3, -0.25) is 0 Å². The van der Waals surface area contributed by atoms with Crippen molar-refractivity contribution in [2.24, 2.45) is 17.6 Å². The highest BCUT2D eigenvalue weighted by Crippen LogP contribution is 2.13. The van der Waals surface area contributed by atoms with E-state index in [1.54, 1.807) is 0 Å². The van der Waals surface area contributed by atoms with E-state index in [4.69, 9.17) is 5.73 Å². The minimum atomic E-state index is 0.661. The van der Waals surface area contributed by atoms with Gasteiger partial charge in [0, 0.05) is 12.6 Å². The molecule has 0 spiro atoms. The first-order valence-corrected chi connectivity index (χ1v) is 5.91. The van der Waals surface area contributed by atoms with Crippen molar-refractivity contribution in [1.29, 1.82) is 0 Å². The second-order valence-electron chi connectivity index (χ2n) is 4.93. The zero-order valence-electron chi connectivity index (χ0n) is 10.6. The van der Waals surface area contributed by atoms with Gasteiger partial charge in [0.15, 0.2) is 0 Å². The van der Waals surface area contributed by atoms with Crippen molar-refractivity contribution in [2.75, 3.05) is 20.1 Å². The molecule has 2 atom stereocenters. The first-order valence-electron chi connectivity index (χ1n) is 5.91. The summed E-state index contributed by atoms with van der Waals surface area (Å²) in [6.45, 7) is 11.0. The molecule has 2 heteroatoms. The highest BCUT2D eigenvalue weighted by atomic mass is 15.1. The Morgan fingerprint density at radius 1 is 1.21 bits per heavy atom. The van der Waals surface area contributed by atoms with Crippen LogP contribution in [-0.4, -0.2) is 31.1 Å². The molecule has 0 heterocycles. The molecule has 2 nitrogen and oxygen atoms in total. The molecule has 0 saturated carbocycles. The SMILES string of the molecule is CCC(C)N(C)CC(CN)CC(C)C. The molecule has 2 N–H and O–H groups in total. The summed E-state index contributed by atoms with van der Waals surface area (Å²) in [6, 6.07) is 0.677. The van der Waals surface area contributed by atoms with Gasteiger partial charge < -0.3 is 10.6 Å². The minimum Gasteiger partial charge on any atom is -0.330 e. The largest absolute Gasteiger partial charge is 0.330 e. The van der Waals surface area contributed by atoms with Gasteiger partial charge in [-0.2, -0.15) is 0 Å². The van der Waals surface area contributed by atoms with E-state index < -0.39 is 0 Å². The van der Waals surface area contributed by atoms with Gasteiger partial charge in [-0.1, -0.05) is 20.8 Å². The average Bonchev–Trinajstić information content (AvgIpc) is 2.14. The smallest absolute Gasteiger partial charge is 0.00613 e. The third-order valence-corrected chi connectivity index (χ3v) is 3.03. The summed E-state index contributed by atoms with van der Waals surface area (Å²) in [5.74, 6) is 1.42. The number of hydrogen-bond donors (Lipinski definition) is 1. The highest BCUT2D eigenvalue weighted by Gasteiger charge is 2.14. The van der Waals surface area contributed by atoms with Crippen LogP contribution < -0.4 is 5.73 Å². The second-order valence-corrected chi connectivity index (χ2v) is 4.93. The van der Waals surface area contributed by atoms with Gasteiger partial charge in [-0.25, -0.2) is 0 Å². The van der Waals surface area contributed by atoms with Crippen LogP contribution in [0.2, 0.25) is 0 Å². The molecular formula is C12H28N2. The van der Waals surface area contributed by atoms with Gasteiger partial charge in [0.25, 0.3) is 0 Å². The Labute approximate surface area is 89.9 Å². The zero-order valence-corrected chi connectivity index (χ0v) is 10.6. The van der Waals surface area contributed by atoms with Crippen LogP contribution in [0.25, 0.3) is 0 Å². The number of nitrogens with two attached hydrogens (primary N) is 1. The van der Waals surface area contributed by atoms with Crippen LogP contribution in [0.15, 0.2) is 0 Å². The van der Waals surface area contributed by atoms with Crippen molar-refractivity contribution >= 4 is 0 Å². The summed E-state index contributed by atoms with van der Waals surface area (Å²) in [5.41, 5.74) is 5.78. The molecular weight excluding hydrogens is 172 g/mol. The third kappa shape index (κ3) is 5.61. The maximum atomic E-state index is 5.78. The van der Waals surface area contributed by atoms with Crippen molar-refractivity contribution in [3.05, 3.63) is 0 Å². The van der Waals surface area contributed by atoms with Crippen LogP contribution in [0.4, 0.5) is 0 Å². The number of nitrogens with zero attached hydrogens (tertiary/aromatic N) is 1. The molecule has 0 saturated heterocycles. The van der Waals surface area contributed by atoms with Gasteiger partial charge in [0.1, 0.15) is 0 Å². The normalized spacial score (nSPS) is 16.3. The number of rotatable bonds is 7. The summed E-state index contributed by atoms with van der Waals surface area (Å²) in [4.78, 5) is 2.43. The monoisotopic (exact) mass is 200 g/mol. The van der Waals surface area contributed by atoms with Gasteiger partial charge in [-0.05, 0) is 45.2 Å². The molecule has 0 aromatic heterocycles. The second kappa shape index (κ2) is 7.24. The predicted molar refractivity (Wildman–Crippen MR) is 64.4 cm³/mol. The molecule has 0 aromatic carbocycles. The van der Waals surface area contributed by atoms with E-state index in [0.717, 1.165) is 19.0 Å². The Morgan fingerprint density at radius 2 is 1.79 bits per heavy atom. The lowest BCUT2D eigenvalue weighted by molar-refractivity contribution is 0.202. The first kappa shape index (κ1) is 13.9. The predicted octanol–water partition coefficient (Wildman–Crippen LogP) is 2.34. The Kier molecular flexibility index (Phi) is 7.20. The summed E-state index contributed by atoms with van der Waals surface area (Å²) < 4.78 is 0. The minimum absolute atomic E-state index is 0.661. The quantitative estimate of drug-likeness (QED) is 0.683. The molecule has 0 aliphatic heterocycles. The van der Waals surface area contributed by atoms with E-state index in [2.05, 4.69) is 39.6 Å². The van der Waals surface area contributed by atoms with Gasteiger partial charge in [-0.15, -0.1) is 0 Å². The summed E-state index contributed by atoms with van der Waals surface area (Å²) >= 11 is 0. The molecule has 14 heavy (non-hydrogen) atoms. The van der Waals surface area contributed by atoms with Crippen LogP contribution in [0.3, 0.4) is 0 Å². The van der Waals surface area contributed by atoms with Gasteiger partial charge >= 0.3 is 0 Å². The lowest BCUT2D eigenvalue weighted by Gasteiger charge is -2.28. The fourth-order valence-corrected chi connectivity index (χ4v) is 1.81. The average molecular weight is 200 g/mol. The third-order valence-electron chi connectivity index (χ3n) is 3.03. The Hall–Kier alpha value is -0.0800. The molecule has 0 aromatic rings.